The SMILES string of the molecule is C1=Cc2c(n(-c3ccccc3)c3ccc(-c4c5ccccc5c(-c5cccc6oc7c8ccccc8ccc7c56)c5ccccc45)cc23)CC1. The number of para-hydroxylation sites is 1. The first-order chi connectivity index (χ1) is 24.8. The molecule has 0 N–H and O–H groups in total. The first kappa shape index (κ1) is 27.6. The van der Waals surface area contributed by atoms with Crippen LogP contribution in [0, 0.1) is 0 Å². The summed E-state index contributed by atoms with van der Waals surface area (Å²) < 4.78 is 9.13. The zero-order chi connectivity index (χ0) is 32.8. The minimum Gasteiger partial charge on any atom is -0.455 e. The fraction of sp³-hybridized carbons (Fsp3) is 0.0417. The predicted molar refractivity (Wildman–Crippen MR) is 211 cm³/mol. The molecule has 0 spiro atoms. The molecule has 11 rings (SSSR count). The molecular formula is C48H31NO. The second-order valence-corrected chi connectivity index (χ2v) is 13.5. The second kappa shape index (κ2) is 10.6. The smallest absolute Gasteiger partial charge is 0.143 e. The number of rotatable bonds is 3. The van der Waals surface area contributed by atoms with Crippen molar-refractivity contribution in [2.75, 3.05) is 0 Å². The van der Waals surface area contributed by atoms with Crippen LogP contribution in [-0.2, 0) is 6.42 Å². The number of allylic oxidation sites excluding steroid dienone is 1. The average molecular weight is 638 g/mol. The van der Waals surface area contributed by atoms with Crippen molar-refractivity contribution in [1.29, 1.82) is 0 Å². The van der Waals surface area contributed by atoms with Crippen molar-refractivity contribution >= 4 is 71.2 Å². The average Bonchev–Trinajstić information content (AvgIpc) is 3.73. The Morgan fingerprint density at radius 2 is 1.22 bits per heavy atom. The highest BCUT2D eigenvalue weighted by molar-refractivity contribution is 6.27. The molecule has 2 heteroatoms. The number of fused-ring (bicyclic) bond motifs is 10. The van der Waals surface area contributed by atoms with Crippen molar-refractivity contribution in [3.05, 3.63) is 169 Å². The van der Waals surface area contributed by atoms with Gasteiger partial charge in [0.2, 0.25) is 0 Å². The highest BCUT2D eigenvalue weighted by atomic mass is 16.3. The summed E-state index contributed by atoms with van der Waals surface area (Å²) in [5.74, 6) is 0. The lowest BCUT2D eigenvalue weighted by atomic mass is 9.84. The first-order valence-electron chi connectivity index (χ1n) is 17.5. The van der Waals surface area contributed by atoms with Gasteiger partial charge in [-0.25, -0.2) is 0 Å². The van der Waals surface area contributed by atoms with Gasteiger partial charge in [-0.2, -0.15) is 0 Å². The van der Waals surface area contributed by atoms with Gasteiger partial charge < -0.3 is 8.98 Å². The van der Waals surface area contributed by atoms with Crippen LogP contribution in [0.4, 0.5) is 0 Å². The maximum absolute atomic E-state index is 6.66. The van der Waals surface area contributed by atoms with E-state index in [2.05, 4.69) is 168 Å². The number of nitrogens with zero attached hydrogens (tertiary/aromatic N) is 1. The molecule has 0 atom stereocenters. The van der Waals surface area contributed by atoms with Crippen molar-refractivity contribution in [3.63, 3.8) is 0 Å². The number of furan rings is 1. The second-order valence-electron chi connectivity index (χ2n) is 13.5. The Bertz CT molecular complexity index is 2970. The van der Waals surface area contributed by atoms with E-state index in [4.69, 9.17) is 4.42 Å². The molecule has 0 fully saturated rings. The van der Waals surface area contributed by atoms with E-state index < -0.39 is 0 Å². The van der Waals surface area contributed by atoms with E-state index in [-0.39, 0.29) is 0 Å². The standard InChI is InChI=1S/C48H31NO/c1-2-14-32(15-3-1)49-42-23-11-10-17-34(42)41-29-31(26-28-43(41)49)45-35-18-6-8-20-37(35)46(38-21-9-7-19-36(38)45)39-22-12-24-44-47(39)40-27-25-30-13-4-5-16-33(30)48(40)50-44/h1-10,12-22,24-29H,11,23H2. The van der Waals surface area contributed by atoms with Crippen LogP contribution in [0.5, 0.6) is 0 Å². The topological polar surface area (TPSA) is 18.1 Å². The van der Waals surface area contributed by atoms with Gasteiger partial charge in [0, 0.05) is 38.5 Å². The van der Waals surface area contributed by atoms with Gasteiger partial charge in [0.05, 0.1) is 5.52 Å². The van der Waals surface area contributed by atoms with Gasteiger partial charge in [-0.1, -0.05) is 127 Å². The third-order valence-electron chi connectivity index (χ3n) is 10.8. The summed E-state index contributed by atoms with van der Waals surface area (Å²) in [7, 11) is 0. The van der Waals surface area contributed by atoms with E-state index in [1.807, 2.05) is 0 Å². The van der Waals surface area contributed by atoms with Crippen molar-refractivity contribution in [2.24, 2.45) is 0 Å². The monoisotopic (exact) mass is 637 g/mol. The van der Waals surface area contributed by atoms with Gasteiger partial charge in [0.25, 0.3) is 0 Å². The van der Waals surface area contributed by atoms with Crippen LogP contribution in [-0.4, -0.2) is 4.57 Å². The van der Waals surface area contributed by atoms with Crippen LogP contribution >= 0.6 is 0 Å². The quantitative estimate of drug-likeness (QED) is 0.176. The van der Waals surface area contributed by atoms with Crippen LogP contribution in [0.15, 0.2) is 162 Å². The van der Waals surface area contributed by atoms with Crippen LogP contribution in [0.2, 0.25) is 0 Å². The van der Waals surface area contributed by atoms with Crippen molar-refractivity contribution in [1.82, 2.24) is 4.57 Å². The number of hydrogen-bond donors (Lipinski definition) is 0. The molecule has 0 aliphatic heterocycles. The Balaban J connectivity index is 1.22. The molecule has 0 radical (unpaired) electrons. The molecule has 10 aromatic rings. The number of hydrogen-bond acceptors (Lipinski definition) is 1. The Labute approximate surface area is 289 Å². The molecule has 0 saturated heterocycles. The molecule has 8 aromatic carbocycles. The summed E-state index contributed by atoms with van der Waals surface area (Å²) in [6.07, 6.45) is 6.76. The van der Waals surface area contributed by atoms with E-state index >= 15 is 0 Å². The molecule has 1 aliphatic carbocycles. The fourth-order valence-electron chi connectivity index (χ4n) is 8.74. The predicted octanol–water partition coefficient (Wildman–Crippen LogP) is 13.3. The van der Waals surface area contributed by atoms with Crippen molar-refractivity contribution in [3.8, 4) is 27.9 Å². The van der Waals surface area contributed by atoms with Gasteiger partial charge in [-0.05, 0) is 98.4 Å². The minimum atomic E-state index is 0.914. The maximum atomic E-state index is 6.66. The molecule has 0 bridgehead atoms. The highest BCUT2D eigenvalue weighted by Gasteiger charge is 2.23. The van der Waals surface area contributed by atoms with E-state index in [9.17, 15) is 0 Å². The summed E-state index contributed by atoms with van der Waals surface area (Å²) in [4.78, 5) is 0. The van der Waals surface area contributed by atoms with E-state index in [0.29, 0.717) is 0 Å². The van der Waals surface area contributed by atoms with Crippen LogP contribution < -0.4 is 0 Å². The van der Waals surface area contributed by atoms with Crippen LogP contribution in [0.3, 0.4) is 0 Å². The molecular weight excluding hydrogens is 607 g/mol. The zero-order valence-electron chi connectivity index (χ0n) is 27.4. The van der Waals surface area contributed by atoms with Gasteiger partial charge >= 0.3 is 0 Å². The lowest BCUT2D eigenvalue weighted by Crippen LogP contribution is -2.02. The lowest BCUT2D eigenvalue weighted by Gasteiger charge is -2.18. The van der Waals surface area contributed by atoms with Gasteiger partial charge in [0.15, 0.2) is 0 Å². The van der Waals surface area contributed by atoms with Crippen LogP contribution in [0.1, 0.15) is 17.7 Å². The zero-order valence-corrected chi connectivity index (χ0v) is 27.4. The minimum absolute atomic E-state index is 0.914. The normalized spacial score (nSPS) is 13.0. The van der Waals surface area contributed by atoms with Gasteiger partial charge in [0.1, 0.15) is 11.2 Å². The maximum Gasteiger partial charge on any atom is 0.143 e. The molecule has 1 aliphatic rings. The largest absolute Gasteiger partial charge is 0.455 e. The molecule has 0 saturated carbocycles. The summed E-state index contributed by atoms with van der Waals surface area (Å²) >= 11 is 0. The van der Waals surface area contributed by atoms with Gasteiger partial charge in [-0.15, -0.1) is 0 Å². The molecule has 0 unspecified atom stereocenters. The summed E-state index contributed by atoms with van der Waals surface area (Å²) in [6.45, 7) is 0. The van der Waals surface area contributed by atoms with E-state index in [1.54, 1.807) is 0 Å². The molecule has 234 valence electrons. The molecule has 50 heavy (non-hydrogen) atoms. The summed E-state index contributed by atoms with van der Waals surface area (Å²) in [5, 5.41) is 10.9. The van der Waals surface area contributed by atoms with Crippen molar-refractivity contribution < 1.29 is 4.42 Å². The molecule has 0 amide bonds. The summed E-state index contributed by atoms with van der Waals surface area (Å²) in [5.41, 5.74) is 12.0. The highest BCUT2D eigenvalue weighted by Crippen LogP contribution is 2.48. The first-order valence-corrected chi connectivity index (χ1v) is 17.5. The van der Waals surface area contributed by atoms with E-state index in [0.717, 1.165) is 34.8 Å². The fourth-order valence-corrected chi connectivity index (χ4v) is 8.74. The number of benzene rings is 8. The lowest BCUT2D eigenvalue weighted by molar-refractivity contribution is 0.673. The Morgan fingerprint density at radius 3 is 2.00 bits per heavy atom. The molecule has 2 heterocycles. The van der Waals surface area contributed by atoms with Crippen LogP contribution in [0.25, 0.3) is 99.2 Å². The summed E-state index contributed by atoms with van der Waals surface area (Å²) in [6, 6.07) is 55.3. The third-order valence-corrected chi connectivity index (χ3v) is 10.8. The van der Waals surface area contributed by atoms with Gasteiger partial charge in [-0.3, -0.25) is 0 Å². The Morgan fingerprint density at radius 1 is 0.520 bits per heavy atom. The number of aromatic nitrogens is 1. The van der Waals surface area contributed by atoms with E-state index in [1.165, 1.54) is 82.4 Å². The molecule has 2 aromatic heterocycles. The van der Waals surface area contributed by atoms with Crippen molar-refractivity contribution in [2.45, 2.75) is 12.8 Å². The molecule has 2 nitrogen and oxygen atoms in total. The Kier molecular flexibility index (Phi) is 5.82. The third kappa shape index (κ3) is 3.85. The Hall–Kier alpha value is -6.38.